The summed E-state index contributed by atoms with van der Waals surface area (Å²) in [7, 11) is 0. The van der Waals surface area contributed by atoms with Crippen molar-refractivity contribution in [3.05, 3.63) is 99.6 Å². The van der Waals surface area contributed by atoms with Gasteiger partial charge in [-0.3, -0.25) is 10.1 Å². The van der Waals surface area contributed by atoms with E-state index < -0.39 is 17.1 Å². The molecule has 0 spiro atoms. The van der Waals surface area contributed by atoms with Gasteiger partial charge in [0.2, 0.25) is 0 Å². The average Bonchev–Trinajstić information content (AvgIpc) is 3.23. The second kappa shape index (κ2) is 10.5. The molecular formula is C26H26N2O6. The molecule has 8 heteroatoms. The molecule has 0 bridgehead atoms. The number of nitro benzene ring substituents is 1. The Labute approximate surface area is 197 Å². The maximum atomic E-state index is 12.7. The molecule has 176 valence electrons. The minimum absolute atomic E-state index is 0.0000883. The summed E-state index contributed by atoms with van der Waals surface area (Å²) in [4.78, 5) is 24.5. The highest BCUT2D eigenvalue weighted by molar-refractivity contribution is 5.69. The zero-order valence-corrected chi connectivity index (χ0v) is 18.5. The van der Waals surface area contributed by atoms with Crippen molar-refractivity contribution in [3.8, 4) is 11.1 Å². The molecule has 2 atom stereocenters. The average molecular weight is 463 g/mol. The maximum absolute atomic E-state index is 12.7. The Hall–Kier alpha value is -3.75. The fraction of sp³-hybridized carbons (Fsp3) is 0.269. The normalized spacial score (nSPS) is 17.5. The molecule has 1 saturated heterocycles. The molecule has 0 unspecified atom stereocenters. The number of nitro groups is 1. The Morgan fingerprint density at radius 2 is 1.50 bits per heavy atom. The Morgan fingerprint density at radius 1 is 0.941 bits per heavy atom. The third-order valence-corrected chi connectivity index (χ3v) is 6.03. The SMILES string of the molecule is O=C(OCc1ccc([N+](=O)[O-])cc1)N1C[C@H](O)C[C@H]1Cc1ccc(-c2ccc(CO)cc2)cc1. The van der Waals surface area contributed by atoms with Crippen LogP contribution in [0.2, 0.25) is 0 Å². The number of carbonyl (C=O) groups is 1. The lowest BCUT2D eigenvalue weighted by Gasteiger charge is -2.24. The van der Waals surface area contributed by atoms with E-state index in [2.05, 4.69) is 0 Å². The number of carbonyl (C=O) groups excluding carboxylic acids is 1. The predicted molar refractivity (Wildman–Crippen MR) is 126 cm³/mol. The summed E-state index contributed by atoms with van der Waals surface area (Å²) in [5, 5.41) is 30.1. The van der Waals surface area contributed by atoms with Crippen molar-refractivity contribution < 1.29 is 24.7 Å². The molecule has 4 rings (SSSR count). The molecule has 1 heterocycles. The van der Waals surface area contributed by atoms with Crippen molar-refractivity contribution in [2.75, 3.05) is 6.54 Å². The third kappa shape index (κ3) is 5.59. The van der Waals surface area contributed by atoms with Gasteiger partial charge in [0.25, 0.3) is 5.69 Å². The number of hydrogen-bond acceptors (Lipinski definition) is 6. The van der Waals surface area contributed by atoms with Gasteiger partial charge in [0.15, 0.2) is 0 Å². The van der Waals surface area contributed by atoms with E-state index in [1.54, 1.807) is 17.0 Å². The molecule has 0 radical (unpaired) electrons. The highest BCUT2D eigenvalue weighted by Crippen LogP contribution is 2.25. The van der Waals surface area contributed by atoms with Gasteiger partial charge in [-0.2, -0.15) is 0 Å². The lowest BCUT2D eigenvalue weighted by molar-refractivity contribution is -0.384. The molecule has 1 amide bonds. The van der Waals surface area contributed by atoms with Gasteiger partial charge in [-0.25, -0.2) is 4.79 Å². The Bertz CT molecular complexity index is 1130. The molecule has 3 aromatic rings. The second-order valence-electron chi connectivity index (χ2n) is 8.43. The fourth-order valence-electron chi connectivity index (χ4n) is 4.16. The summed E-state index contributed by atoms with van der Waals surface area (Å²) in [5.41, 5.74) is 4.64. The van der Waals surface area contributed by atoms with E-state index in [1.165, 1.54) is 12.1 Å². The van der Waals surface area contributed by atoms with Gasteiger partial charge in [-0.05, 0) is 52.8 Å². The van der Waals surface area contributed by atoms with Crippen LogP contribution in [0.5, 0.6) is 0 Å². The molecule has 1 aliphatic heterocycles. The summed E-state index contributed by atoms with van der Waals surface area (Å²) in [6.07, 6.45) is -0.0634. The first-order valence-corrected chi connectivity index (χ1v) is 11.1. The van der Waals surface area contributed by atoms with Crippen LogP contribution in [0.15, 0.2) is 72.8 Å². The van der Waals surface area contributed by atoms with Crippen molar-refractivity contribution in [1.82, 2.24) is 4.90 Å². The number of aliphatic hydroxyl groups excluding tert-OH is 2. The molecule has 3 aromatic carbocycles. The van der Waals surface area contributed by atoms with Crippen LogP contribution in [0, 0.1) is 10.1 Å². The van der Waals surface area contributed by atoms with Crippen molar-refractivity contribution >= 4 is 11.8 Å². The summed E-state index contributed by atoms with van der Waals surface area (Å²) < 4.78 is 5.41. The van der Waals surface area contributed by atoms with Crippen LogP contribution in [0.1, 0.15) is 23.1 Å². The number of aliphatic hydroxyl groups is 2. The number of benzene rings is 3. The van der Waals surface area contributed by atoms with Gasteiger partial charge >= 0.3 is 6.09 Å². The highest BCUT2D eigenvalue weighted by Gasteiger charge is 2.35. The van der Waals surface area contributed by atoms with Gasteiger partial charge in [0, 0.05) is 18.2 Å². The molecule has 0 aliphatic carbocycles. The maximum Gasteiger partial charge on any atom is 0.410 e. The lowest BCUT2D eigenvalue weighted by atomic mass is 9.99. The first-order chi connectivity index (χ1) is 16.4. The van der Waals surface area contributed by atoms with Crippen molar-refractivity contribution in [1.29, 1.82) is 0 Å². The van der Waals surface area contributed by atoms with Crippen LogP contribution in [-0.4, -0.2) is 44.8 Å². The van der Waals surface area contributed by atoms with E-state index in [4.69, 9.17) is 4.74 Å². The number of hydrogen-bond donors (Lipinski definition) is 2. The first-order valence-electron chi connectivity index (χ1n) is 11.1. The van der Waals surface area contributed by atoms with Gasteiger partial charge in [0.05, 0.1) is 24.2 Å². The second-order valence-corrected chi connectivity index (χ2v) is 8.43. The van der Waals surface area contributed by atoms with E-state index in [-0.39, 0.29) is 31.5 Å². The molecule has 0 aromatic heterocycles. The molecular weight excluding hydrogens is 436 g/mol. The summed E-state index contributed by atoms with van der Waals surface area (Å²) in [5.74, 6) is 0. The number of β-amino-alcohol motifs (C(OH)–C–C–N with tert-alkyl or cyclic N) is 1. The molecule has 1 aliphatic rings. The molecule has 34 heavy (non-hydrogen) atoms. The highest BCUT2D eigenvalue weighted by atomic mass is 16.6. The number of likely N-dealkylation sites (tertiary alicyclic amines) is 1. The Kier molecular flexibility index (Phi) is 7.20. The largest absolute Gasteiger partial charge is 0.445 e. The van der Waals surface area contributed by atoms with Crippen LogP contribution >= 0.6 is 0 Å². The van der Waals surface area contributed by atoms with Crippen LogP contribution in [0.4, 0.5) is 10.5 Å². The monoisotopic (exact) mass is 462 g/mol. The molecule has 1 fully saturated rings. The summed E-state index contributed by atoms with van der Waals surface area (Å²) >= 11 is 0. The van der Waals surface area contributed by atoms with Crippen LogP contribution in [0.25, 0.3) is 11.1 Å². The van der Waals surface area contributed by atoms with Gasteiger partial charge < -0.3 is 19.8 Å². The summed E-state index contributed by atoms with van der Waals surface area (Å²) in [6, 6.07) is 21.5. The van der Waals surface area contributed by atoms with E-state index in [0.717, 1.165) is 22.3 Å². The van der Waals surface area contributed by atoms with Gasteiger partial charge in [-0.15, -0.1) is 0 Å². The molecule has 2 N–H and O–H groups in total. The number of rotatable bonds is 7. The number of non-ortho nitro benzene ring substituents is 1. The van der Waals surface area contributed by atoms with E-state index in [0.29, 0.717) is 18.4 Å². The first kappa shape index (κ1) is 23.4. The van der Waals surface area contributed by atoms with Crippen molar-refractivity contribution in [3.63, 3.8) is 0 Å². The topological polar surface area (TPSA) is 113 Å². The zero-order valence-electron chi connectivity index (χ0n) is 18.5. The smallest absolute Gasteiger partial charge is 0.410 e. The van der Waals surface area contributed by atoms with Crippen LogP contribution < -0.4 is 0 Å². The molecule has 0 saturated carbocycles. The number of amides is 1. The van der Waals surface area contributed by atoms with Gasteiger partial charge in [-0.1, -0.05) is 48.5 Å². The van der Waals surface area contributed by atoms with E-state index >= 15 is 0 Å². The van der Waals surface area contributed by atoms with Gasteiger partial charge in [0.1, 0.15) is 6.61 Å². The Morgan fingerprint density at radius 3 is 2.06 bits per heavy atom. The fourth-order valence-corrected chi connectivity index (χ4v) is 4.16. The number of ether oxygens (including phenoxy) is 1. The quantitative estimate of drug-likeness (QED) is 0.404. The van der Waals surface area contributed by atoms with Crippen LogP contribution in [0.3, 0.4) is 0 Å². The standard InChI is InChI=1S/C26H26N2O6/c29-16-19-3-9-22(10-4-19)21-7-1-18(2-8-21)13-24-14-25(30)15-27(24)26(31)34-17-20-5-11-23(12-6-20)28(32)33/h1-12,24-25,29-30H,13-17H2/t24-,25-/m1/s1. The number of nitrogens with zero attached hydrogens (tertiary/aromatic N) is 2. The minimum Gasteiger partial charge on any atom is -0.445 e. The summed E-state index contributed by atoms with van der Waals surface area (Å²) in [6.45, 7) is 0.220. The van der Waals surface area contributed by atoms with Crippen molar-refractivity contribution in [2.45, 2.75) is 38.2 Å². The Balaban J connectivity index is 1.36. The lowest BCUT2D eigenvalue weighted by Crippen LogP contribution is -2.37. The van der Waals surface area contributed by atoms with E-state index in [9.17, 15) is 25.1 Å². The predicted octanol–water partition coefficient (Wildman–Crippen LogP) is 4.07. The van der Waals surface area contributed by atoms with Crippen molar-refractivity contribution in [2.24, 2.45) is 0 Å². The molecule has 8 nitrogen and oxygen atoms in total. The van der Waals surface area contributed by atoms with E-state index in [1.807, 2.05) is 48.5 Å². The van der Waals surface area contributed by atoms with Crippen LogP contribution in [-0.2, 0) is 24.4 Å². The third-order valence-electron chi connectivity index (χ3n) is 6.03. The zero-order chi connectivity index (χ0) is 24.1. The minimum atomic E-state index is -0.610.